The minimum atomic E-state index is -0.792. The van der Waals surface area contributed by atoms with Crippen molar-refractivity contribution in [1.82, 2.24) is 10.2 Å². The van der Waals surface area contributed by atoms with Crippen molar-refractivity contribution in [2.24, 2.45) is 5.41 Å². The van der Waals surface area contributed by atoms with Gasteiger partial charge in [-0.15, -0.1) is 10.2 Å². The van der Waals surface area contributed by atoms with Crippen molar-refractivity contribution in [3.63, 3.8) is 0 Å². The smallest absolute Gasteiger partial charge is 0.232 e. The van der Waals surface area contributed by atoms with Gasteiger partial charge in [0.25, 0.3) is 0 Å². The number of ether oxygens (including phenoxy) is 1. The molecule has 1 N–H and O–H groups in total. The number of amides is 1. The summed E-state index contributed by atoms with van der Waals surface area (Å²) in [6, 6.07) is 13.1. The molecule has 0 fully saturated rings. The maximum atomic E-state index is 13.1. The minimum absolute atomic E-state index is 0.152. The van der Waals surface area contributed by atoms with Crippen LogP contribution in [0.4, 0.5) is 10.8 Å². The Balaban J connectivity index is 1.81. The SMILES string of the molecule is [C-]#[N+]c1ccc2c(c1)Oc1ccccc1C2C(C)(C)C(=O)Nc1nncs1. The largest absolute Gasteiger partial charge is 0.458 e. The molecule has 1 atom stereocenters. The first-order chi connectivity index (χ1) is 13.0. The number of hydrogen-bond acceptors (Lipinski definition) is 5. The van der Waals surface area contributed by atoms with E-state index in [0.717, 1.165) is 11.1 Å². The van der Waals surface area contributed by atoms with E-state index < -0.39 is 5.41 Å². The predicted octanol–water partition coefficient (Wildman–Crippen LogP) is 4.99. The van der Waals surface area contributed by atoms with Crippen molar-refractivity contribution in [1.29, 1.82) is 0 Å². The van der Waals surface area contributed by atoms with Gasteiger partial charge in [-0.3, -0.25) is 4.79 Å². The molecule has 1 aromatic heterocycles. The molecule has 0 saturated heterocycles. The van der Waals surface area contributed by atoms with Crippen molar-refractivity contribution in [3.8, 4) is 11.5 Å². The van der Waals surface area contributed by atoms with Gasteiger partial charge < -0.3 is 10.1 Å². The van der Waals surface area contributed by atoms with E-state index in [2.05, 4.69) is 20.4 Å². The Hall–Kier alpha value is -3.24. The molecule has 1 aliphatic heterocycles. The number of anilines is 1. The van der Waals surface area contributed by atoms with Crippen LogP contribution in [0.5, 0.6) is 11.5 Å². The van der Waals surface area contributed by atoms with Crippen molar-refractivity contribution in [3.05, 3.63) is 70.5 Å². The van der Waals surface area contributed by atoms with Crippen LogP contribution in [0.25, 0.3) is 4.85 Å². The summed E-state index contributed by atoms with van der Waals surface area (Å²) in [5.41, 5.74) is 3.12. The fourth-order valence-electron chi connectivity index (χ4n) is 3.41. The molecule has 2 heterocycles. The summed E-state index contributed by atoms with van der Waals surface area (Å²) in [6.45, 7) is 11.1. The van der Waals surface area contributed by atoms with Crippen LogP contribution in [0.15, 0.2) is 48.0 Å². The van der Waals surface area contributed by atoms with Crippen LogP contribution in [0.2, 0.25) is 0 Å². The number of aromatic nitrogens is 2. The molecule has 3 aromatic rings. The standard InChI is InChI=1S/C20H16N4O2S/c1-20(2,18(25)23-19-24-22-11-27-19)17-13-6-4-5-7-15(13)26-16-10-12(21-3)8-9-14(16)17/h4-11,17H,1-2H3,(H,23,24,25). The Kier molecular flexibility index (Phi) is 4.13. The lowest BCUT2D eigenvalue weighted by atomic mass is 9.69. The third-order valence-electron chi connectivity index (χ3n) is 4.77. The normalized spacial score (nSPS) is 15.1. The van der Waals surface area contributed by atoms with Crippen LogP contribution in [0.1, 0.15) is 30.9 Å². The molecule has 0 bridgehead atoms. The van der Waals surface area contributed by atoms with Crippen LogP contribution < -0.4 is 10.1 Å². The Bertz CT molecular complexity index is 1050. The van der Waals surface area contributed by atoms with Gasteiger partial charge in [0, 0.05) is 17.0 Å². The highest BCUT2D eigenvalue weighted by Gasteiger charge is 2.43. The first-order valence-corrected chi connectivity index (χ1v) is 9.24. The van der Waals surface area contributed by atoms with E-state index in [1.54, 1.807) is 17.6 Å². The maximum absolute atomic E-state index is 13.1. The third kappa shape index (κ3) is 2.94. The van der Waals surface area contributed by atoms with Gasteiger partial charge in [0.15, 0.2) is 5.69 Å². The number of carbonyl (C=O) groups is 1. The van der Waals surface area contributed by atoms with E-state index in [4.69, 9.17) is 11.3 Å². The number of nitrogens with one attached hydrogen (secondary N) is 1. The Labute approximate surface area is 160 Å². The fraction of sp³-hybridized carbons (Fsp3) is 0.200. The molecule has 1 amide bonds. The van der Waals surface area contributed by atoms with Crippen LogP contribution in [-0.4, -0.2) is 16.1 Å². The summed E-state index contributed by atoms with van der Waals surface area (Å²) in [5, 5.41) is 11.0. The fourth-order valence-corrected chi connectivity index (χ4v) is 3.85. The first-order valence-electron chi connectivity index (χ1n) is 8.36. The minimum Gasteiger partial charge on any atom is -0.458 e. The average Bonchev–Trinajstić information content (AvgIpc) is 3.18. The highest BCUT2D eigenvalue weighted by atomic mass is 32.1. The average molecular weight is 376 g/mol. The molecule has 1 aliphatic rings. The number of benzene rings is 2. The molecule has 0 spiro atoms. The lowest BCUT2D eigenvalue weighted by molar-refractivity contribution is -0.124. The predicted molar refractivity (Wildman–Crippen MR) is 103 cm³/mol. The van der Waals surface area contributed by atoms with Gasteiger partial charge in [0.1, 0.15) is 17.0 Å². The number of fused-ring (bicyclic) bond motifs is 2. The number of rotatable bonds is 3. The van der Waals surface area contributed by atoms with Gasteiger partial charge in [-0.1, -0.05) is 55.5 Å². The number of nitrogens with zero attached hydrogens (tertiary/aromatic N) is 3. The van der Waals surface area contributed by atoms with Crippen LogP contribution in [-0.2, 0) is 4.79 Å². The zero-order valence-corrected chi connectivity index (χ0v) is 15.6. The Morgan fingerprint density at radius 1 is 1.22 bits per heavy atom. The lowest BCUT2D eigenvalue weighted by Crippen LogP contribution is -2.38. The second-order valence-corrected chi connectivity index (χ2v) is 7.66. The van der Waals surface area contributed by atoms with E-state index >= 15 is 0 Å². The molecule has 0 saturated carbocycles. The Morgan fingerprint density at radius 2 is 2.00 bits per heavy atom. The summed E-state index contributed by atoms with van der Waals surface area (Å²) in [4.78, 5) is 16.6. The van der Waals surface area contributed by atoms with Gasteiger partial charge in [-0.25, -0.2) is 4.85 Å². The lowest BCUT2D eigenvalue weighted by Gasteiger charge is -2.38. The summed E-state index contributed by atoms with van der Waals surface area (Å²) in [5.74, 6) is 0.934. The van der Waals surface area contributed by atoms with Crippen molar-refractivity contribution in [2.75, 3.05) is 5.32 Å². The Morgan fingerprint density at radius 3 is 2.74 bits per heavy atom. The summed E-state index contributed by atoms with van der Waals surface area (Å²) in [7, 11) is 0. The molecule has 0 aliphatic carbocycles. The van der Waals surface area contributed by atoms with E-state index in [-0.39, 0.29) is 11.8 Å². The van der Waals surface area contributed by atoms with Gasteiger partial charge in [-0.05, 0) is 12.1 Å². The van der Waals surface area contributed by atoms with Gasteiger partial charge in [-0.2, -0.15) is 0 Å². The molecule has 4 rings (SSSR count). The number of hydrogen-bond donors (Lipinski definition) is 1. The second kappa shape index (κ2) is 6.49. The second-order valence-electron chi connectivity index (χ2n) is 6.83. The molecule has 27 heavy (non-hydrogen) atoms. The zero-order chi connectivity index (χ0) is 19.0. The van der Waals surface area contributed by atoms with Gasteiger partial charge in [0.05, 0.1) is 12.0 Å². The van der Waals surface area contributed by atoms with Crippen LogP contribution in [0, 0.1) is 12.0 Å². The number of carbonyl (C=O) groups excluding carboxylic acids is 1. The highest BCUT2D eigenvalue weighted by molar-refractivity contribution is 7.13. The maximum Gasteiger partial charge on any atom is 0.232 e. The summed E-state index contributed by atoms with van der Waals surface area (Å²) >= 11 is 1.28. The number of para-hydroxylation sites is 1. The van der Waals surface area contributed by atoms with Crippen molar-refractivity contribution >= 4 is 28.1 Å². The molecular formula is C20H16N4O2S. The third-order valence-corrected chi connectivity index (χ3v) is 5.38. The van der Waals surface area contributed by atoms with E-state index in [9.17, 15) is 4.79 Å². The van der Waals surface area contributed by atoms with Gasteiger partial charge >= 0.3 is 0 Å². The van der Waals surface area contributed by atoms with Crippen molar-refractivity contribution in [2.45, 2.75) is 19.8 Å². The zero-order valence-electron chi connectivity index (χ0n) is 14.8. The first kappa shape index (κ1) is 17.2. The monoisotopic (exact) mass is 376 g/mol. The van der Waals surface area contributed by atoms with E-state index in [0.29, 0.717) is 22.3 Å². The molecular weight excluding hydrogens is 360 g/mol. The molecule has 0 radical (unpaired) electrons. The van der Waals surface area contributed by atoms with E-state index in [1.807, 2.05) is 44.2 Å². The highest BCUT2D eigenvalue weighted by Crippen LogP contribution is 2.52. The quantitative estimate of drug-likeness (QED) is 0.654. The topological polar surface area (TPSA) is 68.5 Å². The van der Waals surface area contributed by atoms with Crippen LogP contribution >= 0.6 is 11.3 Å². The summed E-state index contributed by atoms with van der Waals surface area (Å²) < 4.78 is 6.04. The molecule has 7 heteroatoms. The summed E-state index contributed by atoms with van der Waals surface area (Å²) in [6.07, 6.45) is 0. The molecule has 134 valence electrons. The molecule has 1 unspecified atom stereocenters. The molecule has 2 aromatic carbocycles. The van der Waals surface area contributed by atoms with E-state index in [1.165, 1.54) is 11.3 Å². The van der Waals surface area contributed by atoms with Gasteiger partial charge in [0.2, 0.25) is 11.0 Å². The van der Waals surface area contributed by atoms with Crippen molar-refractivity contribution < 1.29 is 9.53 Å². The van der Waals surface area contributed by atoms with Crippen LogP contribution in [0.3, 0.4) is 0 Å². The molecule has 6 nitrogen and oxygen atoms in total.